The van der Waals surface area contributed by atoms with Crippen molar-refractivity contribution in [2.75, 3.05) is 12.3 Å². The number of nitrogens with one attached hydrogen (secondary N) is 1. The molecule has 0 saturated carbocycles. The van der Waals surface area contributed by atoms with Gasteiger partial charge in [-0.05, 0) is 43.2 Å². The number of aromatic hydroxyl groups is 1. The first-order chi connectivity index (χ1) is 12.0. The van der Waals surface area contributed by atoms with E-state index in [2.05, 4.69) is 11.6 Å². The Labute approximate surface area is 146 Å². The largest absolute Gasteiger partial charge is 0.507 e. The van der Waals surface area contributed by atoms with E-state index in [1.54, 1.807) is 35.2 Å². The maximum absolute atomic E-state index is 12.0. The molecule has 1 fully saturated rings. The lowest BCUT2D eigenvalue weighted by molar-refractivity contribution is -0.126. The van der Waals surface area contributed by atoms with Gasteiger partial charge in [0.05, 0.1) is 6.04 Å². The molecule has 1 saturated heterocycles. The van der Waals surface area contributed by atoms with E-state index in [0.717, 1.165) is 24.1 Å². The van der Waals surface area contributed by atoms with Crippen LogP contribution in [0.25, 0.3) is 11.8 Å². The van der Waals surface area contributed by atoms with Crippen LogP contribution < -0.4 is 11.5 Å². The molecule has 1 aromatic carbocycles. The average Bonchev–Trinajstić information content (AvgIpc) is 3.21. The predicted molar refractivity (Wildman–Crippen MR) is 99.3 cm³/mol. The van der Waals surface area contributed by atoms with E-state index < -0.39 is 0 Å². The summed E-state index contributed by atoms with van der Waals surface area (Å²) in [5.74, 6) is 0.511. The van der Waals surface area contributed by atoms with Crippen LogP contribution in [0.4, 0.5) is 5.82 Å². The van der Waals surface area contributed by atoms with Gasteiger partial charge in [-0.1, -0.05) is 18.7 Å². The summed E-state index contributed by atoms with van der Waals surface area (Å²) >= 11 is 0. The van der Waals surface area contributed by atoms with Gasteiger partial charge < -0.3 is 26.5 Å². The van der Waals surface area contributed by atoms with Crippen molar-refractivity contribution in [2.24, 2.45) is 5.73 Å². The fraction of sp³-hybridized carbons (Fsp3) is 0.211. The van der Waals surface area contributed by atoms with Crippen molar-refractivity contribution in [1.82, 2.24) is 9.88 Å². The summed E-state index contributed by atoms with van der Waals surface area (Å²) in [6.45, 7) is 4.27. The molecular formula is C19H22N4O2. The van der Waals surface area contributed by atoms with Gasteiger partial charge in [0, 0.05) is 29.1 Å². The molecule has 0 radical (unpaired) electrons. The van der Waals surface area contributed by atoms with Gasteiger partial charge in [0.15, 0.2) is 0 Å². The third-order valence-electron chi connectivity index (χ3n) is 4.50. The van der Waals surface area contributed by atoms with Crippen LogP contribution in [-0.2, 0) is 4.79 Å². The molecule has 1 atom stereocenters. The highest BCUT2D eigenvalue weighted by molar-refractivity contribution is 5.88. The molecule has 1 aliphatic rings. The molecular weight excluding hydrogens is 316 g/mol. The van der Waals surface area contributed by atoms with Crippen molar-refractivity contribution in [3.8, 4) is 5.75 Å². The molecule has 1 aliphatic heterocycles. The summed E-state index contributed by atoms with van der Waals surface area (Å²) in [5.41, 5.74) is 14.8. The smallest absolute Gasteiger partial charge is 0.246 e. The van der Waals surface area contributed by atoms with Crippen LogP contribution in [0.3, 0.4) is 0 Å². The van der Waals surface area contributed by atoms with E-state index in [4.69, 9.17) is 11.5 Å². The van der Waals surface area contributed by atoms with E-state index in [0.29, 0.717) is 23.6 Å². The molecule has 1 unspecified atom stereocenters. The minimum absolute atomic E-state index is 0.0405. The van der Waals surface area contributed by atoms with Gasteiger partial charge in [0.1, 0.15) is 11.6 Å². The summed E-state index contributed by atoms with van der Waals surface area (Å²) in [6.07, 6.45) is 4.87. The normalized spacial score (nSPS) is 17.7. The average molecular weight is 338 g/mol. The van der Waals surface area contributed by atoms with Crippen molar-refractivity contribution in [3.05, 3.63) is 59.8 Å². The van der Waals surface area contributed by atoms with E-state index >= 15 is 0 Å². The molecule has 6 heteroatoms. The Morgan fingerprint density at radius 3 is 2.88 bits per heavy atom. The van der Waals surface area contributed by atoms with Crippen molar-refractivity contribution < 1.29 is 9.90 Å². The van der Waals surface area contributed by atoms with Crippen molar-refractivity contribution in [1.29, 1.82) is 0 Å². The molecule has 130 valence electrons. The highest BCUT2D eigenvalue weighted by Crippen LogP contribution is 2.34. The van der Waals surface area contributed by atoms with Crippen LogP contribution >= 0.6 is 0 Å². The van der Waals surface area contributed by atoms with Gasteiger partial charge in [0.25, 0.3) is 0 Å². The molecule has 25 heavy (non-hydrogen) atoms. The second-order valence-electron chi connectivity index (χ2n) is 6.10. The Balaban J connectivity index is 1.90. The zero-order valence-corrected chi connectivity index (χ0v) is 13.9. The van der Waals surface area contributed by atoms with Crippen molar-refractivity contribution in [2.45, 2.75) is 18.9 Å². The monoisotopic (exact) mass is 338 g/mol. The highest BCUT2D eigenvalue weighted by atomic mass is 16.3. The number of anilines is 1. The second kappa shape index (κ2) is 6.76. The number of nitrogens with zero attached hydrogens (tertiary/aromatic N) is 1. The number of phenolic OH excluding ortho intramolecular Hbond substituents is 1. The number of nitrogen functional groups attached to an aromatic ring is 1. The lowest BCUT2D eigenvalue weighted by atomic mass is 10.1. The molecule has 0 bridgehead atoms. The Bertz CT molecular complexity index is 838. The standard InChI is InChI=1S/C19H22N4O2/c1-2-18(25)23-9-5-7-16(23)15-11-12(19(21)22-15)10-14(20)13-6-3-4-8-17(13)24/h2-4,6,8,10-11,16,22,24H,1,5,7,9,20-21H2/b14-10-. The Hall–Kier alpha value is -3.15. The van der Waals surface area contributed by atoms with Gasteiger partial charge in [-0.2, -0.15) is 0 Å². The predicted octanol–water partition coefficient (Wildman–Crippen LogP) is 2.61. The maximum Gasteiger partial charge on any atom is 0.246 e. The fourth-order valence-electron chi connectivity index (χ4n) is 3.24. The number of rotatable bonds is 4. The number of aromatic amines is 1. The lowest BCUT2D eigenvalue weighted by Crippen LogP contribution is -2.28. The SMILES string of the molecule is C=CC(=O)N1CCCC1c1cc(/C=C(\N)c2ccccc2O)c(N)[nH]1. The second-order valence-corrected chi connectivity index (χ2v) is 6.10. The molecule has 3 rings (SSSR count). The molecule has 6 N–H and O–H groups in total. The topological polar surface area (TPSA) is 108 Å². The minimum atomic E-state index is -0.0820. The zero-order valence-electron chi connectivity index (χ0n) is 13.9. The summed E-state index contributed by atoms with van der Waals surface area (Å²) < 4.78 is 0. The Morgan fingerprint density at radius 2 is 2.16 bits per heavy atom. The van der Waals surface area contributed by atoms with E-state index in [1.807, 2.05) is 6.07 Å². The fourth-order valence-corrected chi connectivity index (χ4v) is 3.24. The van der Waals surface area contributed by atoms with Crippen LogP contribution in [0, 0.1) is 0 Å². The number of aromatic nitrogens is 1. The first kappa shape index (κ1) is 16.7. The van der Waals surface area contributed by atoms with Crippen LogP contribution in [0.1, 0.15) is 35.7 Å². The van der Waals surface area contributed by atoms with Gasteiger partial charge in [-0.25, -0.2) is 0 Å². The van der Waals surface area contributed by atoms with E-state index in [1.165, 1.54) is 6.08 Å². The number of likely N-dealkylation sites (tertiary alicyclic amines) is 1. The molecule has 6 nitrogen and oxygen atoms in total. The molecule has 2 aromatic rings. The van der Waals surface area contributed by atoms with Crippen LogP contribution in [0.2, 0.25) is 0 Å². The third-order valence-corrected chi connectivity index (χ3v) is 4.50. The first-order valence-electron chi connectivity index (χ1n) is 8.18. The summed E-state index contributed by atoms with van der Waals surface area (Å²) in [5, 5.41) is 9.92. The summed E-state index contributed by atoms with van der Waals surface area (Å²) in [7, 11) is 0. The van der Waals surface area contributed by atoms with Crippen molar-refractivity contribution in [3.63, 3.8) is 0 Å². The number of hydrogen-bond acceptors (Lipinski definition) is 4. The number of H-pyrrole nitrogens is 1. The van der Waals surface area contributed by atoms with Crippen LogP contribution in [0.15, 0.2) is 43.0 Å². The van der Waals surface area contributed by atoms with E-state index in [9.17, 15) is 9.90 Å². The number of para-hydroxylation sites is 1. The number of carbonyl (C=O) groups excluding carboxylic acids is 1. The summed E-state index contributed by atoms with van der Waals surface area (Å²) in [4.78, 5) is 16.9. The number of nitrogens with two attached hydrogens (primary N) is 2. The minimum Gasteiger partial charge on any atom is -0.507 e. The quantitative estimate of drug-likeness (QED) is 0.643. The Morgan fingerprint density at radius 1 is 1.40 bits per heavy atom. The number of carbonyl (C=O) groups is 1. The van der Waals surface area contributed by atoms with Gasteiger partial charge >= 0.3 is 0 Å². The number of benzene rings is 1. The van der Waals surface area contributed by atoms with Gasteiger partial charge in [0.2, 0.25) is 5.91 Å². The van der Waals surface area contributed by atoms with E-state index in [-0.39, 0.29) is 17.7 Å². The summed E-state index contributed by atoms with van der Waals surface area (Å²) in [6, 6.07) is 8.73. The molecule has 0 aliphatic carbocycles. The molecule has 1 amide bonds. The highest BCUT2D eigenvalue weighted by Gasteiger charge is 2.30. The number of hydrogen-bond donors (Lipinski definition) is 4. The zero-order chi connectivity index (χ0) is 18.0. The van der Waals surface area contributed by atoms with Crippen LogP contribution in [-0.4, -0.2) is 27.4 Å². The first-order valence-corrected chi connectivity index (χ1v) is 8.18. The molecule has 0 spiro atoms. The molecule has 2 heterocycles. The lowest BCUT2D eigenvalue weighted by Gasteiger charge is -2.22. The third kappa shape index (κ3) is 3.24. The maximum atomic E-state index is 12.0. The van der Waals surface area contributed by atoms with Crippen LogP contribution in [0.5, 0.6) is 5.75 Å². The number of phenols is 1. The van der Waals surface area contributed by atoms with Gasteiger partial charge in [-0.3, -0.25) is 4.79 Å². The van der Waals surface area contributed by atoms with Gasteiger partial charge in [-0.15, -0.1) is 0 Å². The van der Waals surface area contributed by atoms with Crippen molar-refractivity contribution >= 4 is 23.5 Å². The molecule has 1 aromatic heterocycles. The Kier molecular flexibility index (Phi) is 4.52. The number of amides is 1.